The van der Waals surface area contributed by atoms with Crippen molar-refractivity contribution in [2.24, 2.45) is 29.6 Å². The Morgan fingerprint density at radius 1 is 0.889 bits per heavy atom. The SMILES string of the molecule is CC(C)OC(=O)OC(C)OC(=O)c1cc2cc(CC(=O)[C@@H]3[C@H](C4CCCCC4)CCN3C(=O)C3CCC([C@@H](CF)CC(=O)OC(C)(C)C)CC3)ccc2[nH]1. The Morgan fingerprint density at radius 2 is 1.59 bits per heavy atom. The van der Waals surface area contributed by atoms with Crippen LogP contribution in [0.4, 0.5) is 9.18 Å². The molecule has 12 heteroatoms. The first-order chi connectivity index (χ1) is 25.6. The normalized spacial score (nSPS) is 23.5. The number of alkyl halides is 1. The number of aromatic nitrogens is 1. The number of carbonyl (C=O) groups is 5. The summed E-state index contributed by atoms with van der Waals surface area (Å²) in [6, 6.07) is 6.68. The smallest absolute Gasteiger partial charge is 0.460 e. The maximum atomic E-state index is 14.4. The maximum Gasteiger partial charge on any atom is 0.511 e. The van der Waals surface area contributed by atoms with Gasteiger partial charge in [0.05, 0.1) is 25.2 Å². The van der Waals surface area contributed by atoms with Crippen LogP contribution in [-0.2, 0) is 39.8 Å². The van der Waals surface area contributed by atoms with E-state index in [0.29, 0.717) is 43.7 Å². The van der Waals surface area contributed by atoms with Crippen molar-refractivity contribution in [2.45, 2.75) is 143 Å². The number of amides is 1. The number of nitrogens with one attached hydrogen (secondary N) is 1. The first kappa shape index (κ1) is 41.2. The zero-order valence-electron chi connectivity index (χ0n) is 32.8. The molecule has 1 unspecified atom stereocenters. The van der Waals surface area contributed by atoms with Gasteiger partial charge in [0, 0.05) is 42.6 Å². The van der Waals surface area contributed by atoms with E-state index < -0.39 is 48.6 Å². The molecule has 2 aliphatic carbocycles. The number of carbonyl (C=O) groups excluding carboxylic acids is 5. The van der Waals surface area contributed by atoms with Gasteiger partial charge in [0.1, 0.15) is 11.3 Å². The quantitative estimate of drug-likeness (QED) is 0.122. The number of H-pyrrole nitrogens is 1. The van der Waals surface area contributed by atoms with Gasteiger partial charge in [-0.3, -0.25) is 18.8 Å². The third kappa shape index (κ3) is 10.8. The van der Waals surface area contributed by atoms with Crippen LogP contribution in [0.5, 0.6) is 0 Å². The van der Waals surface area contributed by atoms with Crippen molar-refractivity contribution in [3.8, 4) is 0 Å². The number of hydrogen-bond acceptors (Lipinski definition) is 9. The second-order valence-electron chi connectivity index (χ2n) is 16.9. The van der Waals surface area contributed by atoms with E-state index in [0.717, 1.165) is 43.1 Å². The van der Waals surface area contributed by atoms with Crippen LogP contribution >= 0.6 is 0 Å². The molecule has 54 heavy (non-hydrogen) atoms. The lowest BCUT2D eigenvalue weighted by Gasteiger charge is -2.37. The number of benzene rings is 1. The first-order valence-electron chi connectivity index (χ1n) is 19.9. The second-order valence-corrected chi connectivity index (χ2v) is 16.9. The number of fused-ring (bicyclic) bond motifs is 1. The Balaban J connectivity index is 1.24. The predicted octanol–water partition coefficient (Wildman–Crippen LogP) is 8.27. The van der Waals surface area contributed by atoms with Gasteiger partial charge in [0.15, 0.2) is 5.78 Å². The maximum absolute atomic E-state index is 14.4. The van der Waals surface area contributed by atoms with Gasteiger partial charge >= 0.3 is 18.1 Å². The molecule has 298 valence electrons. The van der Waals surface area contributed by atoms with Crippen molar-refractivity contribution in [3.63, 3.8) is 0 Å². The number of halogens is 1. The van der Waals surface area contributed by atoms with Crippen molar-refractivity contribution >= 4 is 40.7 Å². The number of rotatable bonds is 13. The van der Waals surface area contributed by atoms with Crippen LogP contribution < -0.4 is 0 Å². The zero-order chi connectivity index (χ0) is 39.2. The molecule has 0 radical (unpaired) electrons. The van der Waals surface area contributed by atoms with Crippen LogP contribution in [-0.4, -0.2) is 76.9 Å². The molecule has 2 heterocycles. The van der Waals surface area contributed by atoms with Crippen LogP contribution in [0.25, 0.3) is 10.9 Å². The lowest BCUT2D eigenvalue weighted by atomic mass is 9.74. The van der Waals surface area contributed by atoms with Crippen molar-refractivity contribution in [2.75, 3.05) is 13.2 Å². The Hall–Kier alpha value is -3.96. The van der Waals surface area contributed by atoms with E-state index in [9.17, 15) is 28.4 Å². The summed E-state index contributed by atoms with van der Waals surface area (Å²) in [5.41, 5.74) is 1.01. The van der Waals surface area contributed by atoms with Gasteiger partial charge in [-0.15, -0.1) is 0 Å². The summed E-state index contributed by atoms with van der Waals surface area (Å²) in [5.74, 6) is -1.19. The van der Waals surface area contributed by atoms with Crippen LogP contribution in [0, 0.1) is 29.6 Å². The molecule has 1 saturated heterocycles. The number of esters is 2. The van der Waals surface area contributed by atoms with Gasteiger partial charge in [0.2, 0.25) is 12.2 Å². The van der Waals surface area contributed by atoms with Crippen molar-refractivity contribution in [1.29, 1.82) is 0 Å². The average molecular weight is 755 g/mol. The standard InChI is InChI=1S/C42H59FN2O9/c1-25(2)51-41(50)53-26(3)52-40(49)35-22-31-20-27(12-17-34(31)44-35)21-36(46)38-33(29-10-8-7-9-11-29)18-19-45(38)39(48)30-15-13-28(14-16-30)32(24-43)23-37(47)54-42(4,5)6/h12,17,20,22,25-26,28-30,32-33,38,44H,7-11,13-16,18-19,21,23-24H2,1-6H3/t26?,28?,30?,32-,33+,38+/m1/s1. The highest BCUT2D eigenvalue weighted by Gasteiger charge is 2.46. The van der Waals surface area contributed by atoms with Gasteiger partial charge in [-0.05, 0) is 108 Å². The van der Waals surface area contributed by atoms with E-state index in [2.05, 4.69) is 4.98 Å². The van der Waals surface area contributed by atoms with Gasteiger partial charge in [-0.2, -0.15) is 0 Å². The fourth-order valence-electron chi connectivity index (χ4n) is 8.85. The van der Waals surface area contributed by atoms with Gasteiger partial charge in [-0.1, -0.05) is 38.2 Å². The van der Waals surface area contributed by atoms with E-state index >= 15 is 0 Å². The molecular weight excluding hydrogens is 695 g/mol. The monoisotopic (exact) mass is 754 g/mol. The molecule has 3 fully saturated rings. The van der Waals surface area contributed by atoms with E-state index in [-0.39, 0.29) is 54.1 Å². The molecule has 2 aromatic rings. The molecule has 1 aliphatic heterocycles. The van der Waals surface area contributed by atoms with Gasteiger partial charge in [-0.25, -0.2) is 9.59 Å². The number of ether oxygens (including phenoxy) is 4. The van der Waals surface area contributed by atoms with E-state index in [1.807, 2.05) is 23.1 Å². The fraction of sp³-hybridized carbons (Fsp3) is 0.690. The summed E-state index contributed by atoms with van der Waals surface area (Å²) in [7, 11) is 0. The highest BCUT2D eigenvalue weighted by molar-refractivity contribution is 5.96. The minimum atomic E-state index is -1.16. The van der Waals surface area contributed by atoms with E-state index in [1.165, 1.54) is 13.3 Å². The third-order valence-corrected chi connectivity index (χ3v) is 11.3. The largest absolute Gasteiger partial charge is 0.511 e. The van der Waals surface area contributed by atoms with Crippen LogP contribution in [0.1, 0.15) is 128 Å². The molecule has 0 bridgehead atoms. The number of Topliss-reactive ketones (excluding diaryl/α,β-unsaturated/α-hetero) is 1. The first-order valence-corrected chi connectivity index (χ1v) is 19.9. The van der Waals surface area contributed by atoms with Crippen LogP contribution in [0.2, 0.25) is 0 Å². The number of nitrogens with zero attached hydrogens (tertiary/aromatic N) is 1. The molecule has 3 aliphatic rings. The van der Waals surface area contributed by atoms with Crippen molar-refractivity contribution in [1.82, 2.24) is 9.88 Å². The van der Waals surface area contributed by atoms with E-state index in [1.54, 1.807) is 40.7 Å². The summed E-state index contributed by atoms with van der Waals surface area (Å²) >= 11 is 0. The predicted molar refractivity (Wildman–Crippen MR) is 200 cm³/mol. The Labute approximate surface area is 318 Å². The molecule has 4 atom stereocenters. The Morgan fingerprint density at radius 3 is 2.24 bits per heavy atom. The Kier molecular flexibility index (Phi) is 13.8. The minimum Gasteiger partial charge on any atom is -0.460 e. The van der Waals surface area contributed by atoms with Crippen molar-refractivity contribution in [3.05, 3.63) is 35.5 Å². The minimum absolute atomic E-state index is 0.00790. The summed E-state index contributed by atoms with van der Waals surface area (Å²) < 4.78 is 34.8. The second kappa shape index (κ2) is 18.1. The fourth-order valence-corrected chi connectivity index (χ4v) is 8.85. The number of likely N-dealkylation sites (tertiary alicyclic amines) is 1. The number of hydrogen-bond donors (Lipinski definition) is 1. The summed E-state index contributed by atoms with van der Waals surface area (Å²) in [5, 5.41) is 0.721. The molecule has 1 N–H and O–H groups in total. The summed E-state index contributed by atoms with van der Waals surface area (Å²) in [4.78, 5) is 70.6. The van der Waals surface area contributed by atoms with Crippen LogP contribution in [0.3, 0.4) is 0 Å². The zero-order valence-corrected chi connectivity index (χ0v) is 32.8. The molecular formula is C42H59FN2O9. The number of ketones is 1. The van der Waals surface area contributed by atoms with Crippen molar-refractivity contribution < 1.29 is 47.3 Å². The molecule has 5 rings (SSSR count). The lowest BCUT2D eigenvalue weighted by molar-refractivity contribution is -0.157. The topological polar surface area (TPSA) is 141 Å². The highest BCUT2D eigenvalue weighted by Crippen LogP contribution is 2.42. The molecule has 0 spiro atoms. The molecule has 1 aromatic carbocycles. The molecule has 2 saturated carbocycles. The Bertz CT molecular complexity index is 1630. The van der Waals surface area contributed by atoms with Gasteiger partial charge < -0.3 is 28.8 Å². The molecule has 11 nitrogen and oxygen atoms in total. The third-order valence-electron chi connectivity index (χ3n) is 11.3. The van der Waals surface area contributed by atoms with E-state index in [4.69, 9.17) is 18.9 Å². The lowest BCUT2D eigenvalue weighted by Crippen LogP contribution is -2.48. The molecule has 1 aromatic heterocycles. The van der Waals surface area contributed by atoms with Gasteiger partial charge in [0.25, 0.3) is 0 Å². The highest BCUT2D eigenvalue weighted by atomic mass is 19.1. The molecule has 1 amide bonds. The van der Waals surface area contributed by atoms with Crippen LogP contribution in [0.15, 0.2) is 24.3 Å². The number of aromatic amines is 1. The summed E-state index contributed by atoms with van der Waals surface area (Å²) in [6.07, 6.45) is 6.69. The average Bonchev–Trinajstić information content (AvgIpc) is 3.75. The summed E-state index contributed by atoms with van der Waals surface area (Å²) in [6.45, 7) is 10.1.